The fourth-order valence-electron chi connectivity index (χ4n) is 3.82. The van der Waals surface area contributed by atoms with Crippen molar-refractivity contribution in [1.29, 1.82) is 0 Å². The maximum Gasteiger partial charge on any atom is 0.272 e. The summed E-state index contributed by atoms with van der Waals surface area (Å²) in [5.74, 6) is 0.535. The number of para-hydroxylation sites is 1. The summed E-state index contributed by atoms with van der Waals surface area (Å²) < 4.78 is 7.45. The van der Waals surface area contributed by atoms with Crippen LogP contribution in [-0.2, 0) is 0 Å². The number of amides is 1. The van der Waals surface area contributed by atoms with Crippen molar-refractivity contribution in [3.63, 3.8) is 0 Å². The second-order valence-electron chi connectivity index (χ2n) is 7.24. The fourth-order valence-corrected chi connectivity index (χ4v) is 3.82. The van der Waals surface area contributed by atoms with Crippen LogP contribution in [0.5, 0.6) is 5.75 Å². The number of ether oxygens (including phenoxy) is 1. The summed E-state index contributed by atoms with van der Waals surface area (Å²) in [5.41, 5.74) is 2.32. The van der Waals surface area contributed by atoms with Crippen molar-refractivity contribution in [3.8, 4) is 5.75 Å². The molecule has 1 aromatic heterocycles. The van der Waals surface area contributed by atoms with E-state index in [-0.39, 0.29) is 11.9 Å². The van der Waals surface area contributed by atoms with E-state index < -0.39 is 0 Å². The molecule has 29 heavy (non-hydrogen) atoms. The van der Waals surface area contributed by atoms with Gasteiger partial charge in [0, 0.05) is 18.3 Å². The molecule has 0 saturated carbocycles. The topological polar surface area (TPSA) is 68.2 Å². The number of nitrogens with zero attached hydrogens (tertiary/aromatic N) is 2. The standard InChI is InChI=1S/C23H26N4O2/c1-29-21-12-6-5-11-19(21)22(17-8-3-2-4-9-17)25-23(28)20-13-15-27(26-20)18-10-7-14-24-16-18/h2-6,8-9,11-13,15,18,22,24H,7,10,14,16H2,1H3,(H,25,28). The highest BCUT2D eigenvalue weighted by molar-refractivity contribution is 5.92. The van der Waals surface area contributed by atoms with E-state index in [4.69, 9.17) is 4.74 Å². The molecule has 6 heteroatoms. The Bertz CT molecular complexity index is 948. The monoisotopic (exact) mass is 390 g/mol. The smallest absolute Gasteiger partial charge is 0.272 e. The van der Waals surface area contributed by atoms with E-state index in [0.29, 0.717) is 11.7 Å². The largest absolute Gasteiger partial charge is 0.496 e. The highest BCUT2D eigenvalue weighted by atomic mass is 16.5. The van der Waals surface area contributed by atoms with Gasteiger partial charge < -0.3 is 15.4 Å². The van der Waals surface area contributed by atoms with Crippen molar-refractivity contribution in [3.05, 3.63) is 83.7 Å². The molecule has 3 aromatic rings. The molecule has 2 aromatic carbocycles. The molecular formula is C23H26N4O2. The lowest BCUT2D eigenvalue weighted by Gasteiger charge is -2.23. The summed E-state index contributed by atoms with van der Waals surface area (Å²) in [5, 5.41) is 11.1. The minimum absolute atomic E-state index is 0.202. The van der Waals surface area contributed by atoms with Crippen LogP contribution in [0.1, 0.15) is 46.5 Å². The summed E-state index contributed by atoms with van der Waals surface area (Å²) in [6, 6.07) is 19.4. The molecule has 1 aliphatic rings. The van der Waals surface area contributed by atoms with E-state index in [1.807, 2.05) is 65.5 Å². The Kier molecular flexibility index (Phi) is 5.91. The number of carbonyl (C=O) groups is 1. The maximum absolute atomic E-state index is 13.1. The molecule has 150 valence electrons. The van der Waals surface area contributed by atoms with Gasteiger partial charge in [0.2, 0.25) is 0 Å². The Morgan fingerprint density at radius 2 is 1.97 bits per heavy atom. The van der Waals surface area contributed by atoms with E-state index in [1.54, 1.807) is 13.2 Å². The Morgan fingerprint density at radius 1 is 1.17 bits per heavy atom. The molecular weight excluding hydrogens is 364 g/mol. The van der Waals surface area contributed by atoms with Gasteiger partial charge in [0.1, 0.15) is 11.4 Å². The third-order valence-electron chi connectivity index (χ3n) is 5.34. The first-order valence-corrected chi connectivity index (χ1v) is 10.0. The Balaban J connectivity index is 1.59. The SMILES string of the molecule is COc1ccccc1C(NC(=O)c1ccn(C2CCCNC2)n1)c1ccccc1. The van der Waals surface area contributed by atoms with Crippen LogP contribution in [-0.4, -0.2) is 35.9 Å². The van der Waals surface area contributed by atoms with Crippen molar-refractivity contribution < 1.29 is 9.53 Å². The average molecular weight is 390 g/mol. The number of methoxy groups -OCH3 is 1. The van der Waals surface area contributed by atoms with Gasteiger partial charge in [-0.1, -0.05) is 48.5 Å². The van der Waals surface area contributed by atoms with Gasteiger partial charge in [-0.15, -0.1) is 0 Å². The van der Waals surface area contributed by atoms with Crippen LogP contribution in [0.4, 0.5) is 0 Å². The quantitative estimate of drug-likeness (QED) is 0.677. The Labute approximate surface area is 170 Å². The van der Waals surface area contributed by atoms with E-state index in [0.717, 1.165) is 42.8 Å². The van der Waals surface area contributed by atoms with E-state index in [9.17, 15) is 4.79 Å². The second kappa shape index (κ2) is 8.92. The van der Waals surface area contributed by atoms with Crippen LogP contribution < -0.4 is 15.4 Å². The molecule has 0 aliphatic carbocycles. The van der Waals surface area contributed by atoms with Crippen LogP contribution in [0.2, 0.25) is 0 Å². The van der Waals surface area contributed by atoms with Crippen molar-refractivity contribution in [2.75, 3.05) is 20.2 Å². The predicted octanol–water partition coefficient (Wildman–Crippen LogP) is 3.34. The first-order chi connectivity index (χ1) is 14.3. The van der Waals surface area contributed by atoms with Crippen molar-refractivity contribution >= 4 is 5.91 Å². The van der Waals surface area contributed by atoms with Crippen molar-refractivity contribution in [2.24, 2.45) is 0 Å². The lowest BCUT2D eigenvalue weighted by Crippen LogP contribution is -2.32. The number of hydrogen-bond donors (Lipinski definition) is 2. The summed E-state index contributed by atoms with van der Waals surface area (Å²) in [6.07, 6.45) is 4.09. The number of piperidine rings is 1. The van der Waals surface area contributed by atoms with Gasteiger partial charge in [0.05, 0.1) is 19.2 Å². The van der Waals surface area contributed by atoms with Gasteiger partial charge >= 0.3 is 0 Å². The third-order valence-corrected chi connectivity index (χ3v) is 5.34. The van der Waals surface area contributed by atoms with Gasteiger partial charge in [-0.3, -0.25) is 9.48 Å². The van der Waals surface area contributed by atoms with Crippen LogP contribution in [0, 0.1) is 0 Å². The number of nitrogens with one attached hydrogen (secondary N) is 2. The van der Waals surface area contributed by atoms with Crippen LogP contribution >= 0.6 is 0 Å². The average Bonchev–Trinajstić information content (AvgIpc) is 3.29. The summed E-state index contributed by atoms with van der Waals surface area (Å²) in [7, 11) is 1.64. The summed E-state index contributed by atoms with van der Waals surface area (Å²) in [4.78, 5) is 13.1. The van der Waals surface area contributed by atoms with E-state index in [2.05, 4.69) is 15.7 Å². The molecule has 2 unspecified atom stereocenters. The molecule has 4 rings (SSSR count). The molecule has 1 fully saturated rings. The number of rotatable bonds is 6. The van der Waals surface area contributed by atoms with Gasteiger partial charge in [-0.2, -0.15) is 5.10 Å². The molecule has 2 N–H and O–H groups in total. The number of carbonyl (C=O) groups excluding carboxylic acids is 1. The normalized spacial score (nSPS) is 17.5. The molecule has 0 bridgehead atoms. The zero-order chi connectivity index (χ0) is 20.1. The third kappa shape index (κ3) is 4.32. The maximum atomic E-state index is 13.1. The summed E-state index contributed by atoms with van der Waals surface area (Å²) in [6.45, 7) is 1.93. The van der Waals surface area contributed by atoms with E-state index in [1.165, 1.54) is 0 Å². The molecule has 1 saturated heterocycles. The highest BCUT2D eigenvalue weighted by Gasteiger charge is 2.23. The van der Waals surface area contributed by atoms with Crippen LogP contribution in [0.25, 0.3) is 0 Å². The molecule has 1 aliphatic heterocycles. The van der Waals surface area contributed by atoms with E-state index >= 15 is 0 Å². The minimum atomic E-state index is -0.332. The predicted molar refractivity (Wildman–Crippen MR) is 112 cm³/mol. The molecule has 1 amide bonds. The van der Waals surface area contributed by atoms with Crippen LogP contribution in [0.3, 0.4) is 0 Å². The van der Waals surface area contributed by atoms with Gasteiger partial charge in [-0.25, -0.2) is 0 Å². The zero-order valence-electron chi connectivity index (χ0n) is 16.5. The molecule has 0 radical (unpaired) electrons. The van der Waals surface area contributed by atoms with Crippen molar-refractivity contribution in [1.82, 2.24) is 20.4 Å². The Morgan fingerprint density at radius 3 is 2.72 bits per heavy atom. The number of benzene rings is 2. The van der Waals surface area contributed by atoms with Crippen LogP contribution in [0.15, 0.2) is 66.9 Å². The number of hydrogen-bond acceptors (Lipinski definition) is 4. The first-order valence-electron chi connectivity index (χ1n) is 10.0. The van der Waals surface area contributed by atoms with Crippen molar-refractivity contribution in [2.45, 2.75) is 24.9 Å². The Hall–Kier alpha value is -3.12. The molecule has 0 spiro atoms. The minimum Gasteiger partial charge on any atom is -0.496 e. The van der Waals surface area contributed by atoms with Gasteiger partial charge in [-0.05, 0) is 37.1 Å². The molecule has 6 nitrogen and oxygen atoms in total. The highest BCUT2D eigenvalue weighted by Crippen LogP contribution is 2.30. The van der Waals surface area contributed by atoms with Gasteiger partial charge in [0.25, 0.3) is 5.91 Å². The zero-order valence-corrected chi connectivity index (χ0v) is 16.5. The summed E-state index contributed by atoms with van der Waals surface area (Å²) >= 11 is 0. The number of aromatic nitrogens is 2. The lowest BCUT2D eigenvalue weighted by molar-refractivity contribution is 0.0936. The second-order valence-corrected chi connectivity index (χ2v) is 7.24. The van der Waals surface area contributed by atoms with Gasteiger partial charge in [0.15, 0.2) is 0 Å². The molecule has 2 atom stereocenters. The lowest BCUT2D eigenvalue weighted by atomic mass is 9.97. The fraction of sp³-hybridized carbons (Fsp3) is 0.304. The first kappa shape index (κ1) is 19.2. The molecule has 2 heterocycles.